The van der Waals surface area contributed by atoms with Crippen LogP contribution in [-0.4, -0.2) is 33.4 Å². The molecule has 2 N–H and O–H groups in total. The van der Waals surface area contributed by atoms with E-state index in [0.717, 1.165) is 25.0 Å². The van der Waals surface area contributed by atoms with Gasteiger partial charge in [0.15, 0.2) is 0 Å². The van der Waals surface area contributed by atoms with Gasteiger partial charge in [0.2, 0.25) is 5.91 Å². The predicted molar refractivity (Wildman–Crippen MR) is 72.5 cm³/mol. The van der Waals surface area contributed by atoms with E-state index >= 15 is 0 Å². The standard InChI is InChI=1S/C13H16F2N2O2S/c1-2-17(9-3-4-9)12(18)7-20(19)13-10(14)5-8(16)6-11(13)15/h5-6,9H,2-4,7,16H2,1H3. The molecule has 0 radical (unpaired) electrons. The lowest BCUT2D eigenvalue weighted by molar-refractivity contribution is -0.128. The quantitative estimate of drug-likeness (QED) is 0.842. The molecule has 7 heteroatoms. The van der Waals surface area contributed by atoms with Gasteiger partial charge < -0.3 is 10.6 Å². The molecule has 1 fully saturated rings. The van der Waals surface area contributed by atoms with Crippen LogP contribution in [0.15, 0.2) is 17.0 Å². The Labute approximate surface area is 118 Å². The zero-order valence-corrected chi connectivity index (χ0v) is 11.9. The highest BCUT2D eigenvalue weighted by Gasteiger charge is 2.32. The maximum atomic E-state index is 13.6. The monoisotopic (exact) mass is 302 g/mol. The Balaban J connectivity index is 2.14. The van der Waals surface area contributed by atoms with Crippen molar-refractivity contribution in [1.82, 2.24) is 4.90 Å². The summed E-state index contributed by atoms with van der Waals surface area (Å²) in [5, 5.41) is 0. The predicted octanol–water partition coefficient (Wildman–Crippen LogP) is 1.67. The van der Waals surface area contributed by atoms with Gasteiger partial charge in [0.1, 0.15) is 22.3 Å². The van der Waals surface area contributed by atoms with Crippen molar-refractivity contribution in [3.05, 3.63) is 23.8 Å². The molecule has 0 saturated heterocycles. The van der Waals surface area contributed by atoms with Crippen molar-refractivity contribution in [2.24, 2.45) is 0 Å². The molecule has 1 aliphatic rings. The fourth-order valence-electron chi connectivity index (χ4n) is 2.09. The molecule has 0 aromatic heterocycles. The van der Waals surface area contributed by atoms with Crippen molar-refractivity contribution in [1.29, 1.82) is 0 Å². The van der Waals surface area contributed by atoms with Crippen LogP contribution in [0.25, 0.3) is 0 Å². The molecule has 4 nitrogen and oxygen atoms in total. The lowest BCUT2D eigenvalue weighted by Crippen LogP contribution is -2.36. The normalized spacial score (nSPS) is 15.9. The highest BCUT2D eigenvalue weighted by molar-refractivity contribution is 7.85. The first-order chi connectivity index (χ1) is 9.43. The molecule has 1 aromatic carbocycles. The highest BCUT2D eigenvalue weighted by Crippen LogP contribution is 2.27. The summed E-state index contributed by atoms with van der Waals surface area (Å²) in [7, 11) is -2.05. The maximum absolute atomic E-state index is 13.6. The van der Waals surface area contributed by atoms with Crippen LogP contribution in [0.5, 0.6) is 0 Å². The smallest absolute Gasteiger partial charge is 0.235 e. The molecule has 1 amide bonds. The summed E-state index contributed by atoms with van der Waals surface area (Å²) in [5.74, 6) is -2.72. The number of nitrogens with zero attached hydrogens (tertiary/aromatic N) is 1. The van der Waals surface area contributed by atoms with Crippen LogP contribution < -0.4 is 5.73 Å². The molecular formula is C13H16F2N2O2S. The third-order valence-electron chi connectivity index (χ3n) is 3.15. The molecule has 110 valence electrons. The number of nitrogens with two attached hydrogens (primary N) is 1. The molecule has 0 aliphatic heterocycles. The zero-order valence-electron chi connectivity index (χ0n) is 11.1. The Morgan fingerprint density at radius 2 is 1.95 bits per heavy atom. The van der Waals surface area contributed by atoms with E-state index in [2.05, 4.69) is 0 Å². The van der Waals surface area contributed by atoms with Crippen molar-refractivity contribution >= 4 is 22.4 Å². The molecule has 1 aromatic rings. The summed E-state index contributed by atoms with van der Waals surface area (Å²) in [6.07, 6.45) is 1.85. The number of benzene rings is 1. The summed E-state index contributed by atoms with van der Waals surface area (Å²) in [6.45, 7) is 2.33. The minimum absolute atomic E-state index is 0.0831. The fourth-order valence-corrected chi connectivity index (χ4v) is 3.18. The third kappa shape index (κ3) is 3.15. The van der Waals surface area contributed by atoms with Crippen LogP contribution in [0.4, 0.5) is 14.5 Å². The van der Waals surface area contributed by atoms with Crippen molar-refractivity contribution < 1.29 is 17.8 Å². The van der Waals surface area contributed by atoms with E-state index in [1.807, 2.05) is 6.92 Å². The summed E-state index contributed by atoms with van der Waals surface area (Å²) >= 11 is 0. The number of rotatable bonds is 5. The molecule has 0 heterocycles. The van der Waals surface area contributed by atoms with Crippen molar-refractivity contribution in [3.8, 4) is 0 Å². The Bertz CT molecular complexity index is 538. The van der Waals surface area contributed by atoms with Gasteiger partial charge in [0.25, 0.3) is 0 Å². The topological polar surface area (TPSA) is 63.4 Å². The van der Waals surface area contributed by atoms with Crippen LogP contribution in [0, 0.1) is 11.6 Å². The summed E-state index contributed by atoms with van der Waals surface area (Å²) in [4.78, 5) is 13.0. The third-order valence-corrected chi connectivity index (χ3v) is 4.51. The van der Waals surface area contributed by atoms with Gasteiger partial charge in [0, 0.05) is 18.3 Å². The van der Waals surface area contributed by atoms with E-state index in [-0.39, 0.29) is 17.6 Å². The Kier molecular flexibility index (Phi) is 4.37. The SMILES string of the molecule is CCN(C(=O)CS(=O)c1c(F)cc(N)cc1F)C1CC1. The maximum Gasteiger partial charge on any atom is 0.235 e. The molecule has 1 aliphatic carbocycles. The summed E-state index contributed by atoms with van der Waals surface area (Å²) in [6, 6.07) is 1.99. The number of carbonyl (C=O) groups is 1. The molecule has 20 heavy (non-hydrogen) atoms. The molecule has 1 saturated carbocycles. The van der Waals surface area contributed by atoms with Gasteiger partial charge in [-0.2, -0.15) is 0 Å². The van der Waals surface area contributed by atoms with Crippen LogP contribution in [0.1, 0.15) is 19.8 Å². The number of carbonyl (C=O) groups excluding carboxylic acids is 1. The van der Waals surface area contributed by atoms with Gasteiger partial charge in [0.05, 0.1) is 10.8 Å². The Morgan fingerprint density at radius 3 is 2.40 bits per heavy atom. The van der Waals surface area contributed by atoms with E-state index in [1.54, 1.807) is 4.90 Å². The lowest BCUT2D eigenvalue weighted by atomic mass is 10.3. The van der Waals surface area contributed by atoms with Crippen molar-refractivity contribution in [2.75, 3.05) is 18.0 Å². The number of anilines is 1. The summed E-state index contributed by atoms with van der Waals surface area (Å²) < 4.78 is 39.3. The van der Waals surface area contributed by atoms with Crippen LogP contribution in [0.2, 0.25) is 0 Å². The zero-order chi connectivity index (χ0) is 14.9. The number of halogens is 2. The minimum atomic E-state index is -2.05. The van der Waals surface area contributed by atoms with Crippen molar-refractivity contribution in [3.63, 3.8) is 0 Å². The van der Waals surface area contributed by atoms with E-state index in [9.17, 15) is 17.8 Å². The molecule has 0 spiro atoms. The van der Waals surface area contributed by atoms with Crippen LogP contribution >= 0.6 is 0 Å². The average Bonchev–Trinajstić information content (AvgIpc) is 3.12. The number of nitrogen functional groups attached to an aromatic ring is 1. The largest absolute Gasteiger partial charge is 0.399 e. The fraction of sp³-hybridized carbons (Fsp3) is 0.462. The molecule has 1 atom stereocenters. The summed E-state index contributed by atoms with van der Waals surface area (Å²) in [5.41, 5.74) is 5.21. The lowest BCUT2D eigenvalue weighted by Gasteiger charge is -2.20. The highest BCUT2D eigenvalue weighted by atomic mass is 32.2. The first-order valence-electron chi connectivity index (χ1n) is 6.36. The van der Waals surface area contributed by atoms with Gasteiger partial charge in [-0.05, 0) is 31.9 Å². The molecule has 1 unspecified atom stereocenters. The van der Waals surface area contributed by atoms with E-state index in [0.29, 0.717) is 6.54 Å². The van der Waals surface area contributed by atoms with Gasteiger partial charge in [-0.25, -0.2) is 8.78 Å². The Hall–Kier alpha value is -1.50. The van der Waals surface area contributed by atoms with E-state index < -0.39 is 33.1 Å². The van der Waals surface area contributed by atoms with Crippen LogP contribution in [0.3, 0.4) is 0 Å². The van der Waals surface area contributed by atoms with Crippen LogP contribution in [-0.2, 0) is 15.6 Å². The van der Waals surface area contributed by atoms with Gasteiger partial charge >= 0.3 is 0 Å². The second kappa shape index (κ2) is 5.87. The van der Waals surface area contributed by atoms with E-state index in [4.69, 9.17) is 5.73 Å². The average molecular weight is 302 g/mol. The first kappa shape index (κ1) is 14.9. The first-order valence-corrected chi connectivity index (χ1v) is 7.68. The number of amides is 1. The molecular weight excluding hydrogens is 286 g/mol. The number of hydrogen-bond acceptors (Lipinski definition) is 3. The second-order valence-electron chi connectivity index (χ2n) is 4.71. The second-order valence-corrected chi connectivity index (χ2v) is 6.10. The van der Waals surface area contributed by atoms with Gasteiger partial charge in [-0.15, -0.1) is 0 Å². The van der Waals surface area contributed by atoms with Gasteiger partial charge in [-0.1, -0.05) is 0 Å². The van der Waals surface area contributed by atoms with E-state index in [1.165, 1.54) is 0 Å². The molecule has 0 bridgehead atoms. The minimum Gasteiger partial charge on any atom is -0.399 e. The number of hydrogen-bond donors (Lipinski definition) is 1. The van der Waals surface area contributed by atoms with Crippen molar-refractivity contribution in [2.45, 2.75) is 30.7 Å². The van der Waals surface area contributed by atoms with Gasteiger partial charge in [-0.3, -0.25) is 9.00 Å². The molecule has 2 rings (SSSR count). The Morgan fingerprint density at radius 1 is 1.40 bits per heavy atom.